The Labute approximate surface area is 117 Å². The Kier molecular flexibility index (Phi) is 4.14. The molecule has 20 heavy (non-hydrogen) atoms. The van der Waals surface area contributed by atoms with Crippen LogP contribution in [0.5, 0.6) is 5.75 Å². The Morgan fingerprint density at radius 2 is 2.10 bits per heavy atom. The summed E-state index contributed by atoms with van der Waals surface area (Å²) in [6.07, 6.45) is 0.766. The van der Waals surface area contributed by atoms with Gasteiger partial charge in [0, 0.05) is 16.8 Å². The molecule has 1 aromatic carbocycles. The lowest BCUT2D eigenvalue weighted by molar-refractivity contribution is 0.386. The van der Waals surface area contributed by atoms with E-state index in [9.17, 15) is 4.39 Å². The lowest BCUT2D eigenvalue weighted by atomic mass is 10.1. The van der Waals surface area contributed by atoms with Gasteiger partial charge in [-0.2, -0.15) is 0 Å². The molecular weight excluding hydrogens is 259 g/mol. The third-order valence-electron chi connectivity index (χ3n) is 3.11. The van der Waals surface area contributed by atoms with Gasteiger partial charge in [-0.15, -0.1) is 0 Å². The summed E-state index contributed by atoms with van der Waals surface area (Å²) in [7, 11) is 1.42. The fourth-order valence-corrected chi connectivity index (χ4v) is 2.07. The molecule has 0 spiro atoms. The van der Waals surface area contributed by atoms with Crippen LogP contribution in [0.25, 0.3) is 11.4 Å². The van der Waals surface area contributed by atoms with Crippen LogP contribution in [0.3, 0.4) is 0 Å². The Bertz CT molecular complexity index is 631. The lowest BCUT2D eigenvalue weighted by Crippen LogP contribution is -2.13. The van der Waals surface area contributed by atoms with Crippen molar-refractivity contribution in [3.8, 4) is 17.1 Å². The van der Waals surface area contributed by atoms with Crippen LogP contribution in [0, 0.1) is 12.7 Å². The van der Waals surface area contributed by atoms with Gasteiger partial charge in [-0.05, 0) is 31.5 Å². The summed E-state index contributed by atoms with van der Waals surface area (Å²) in [6, 6.07) is 4.61. The van der Waals surface area contributed by atoms with Gasteiger partial charge in [0.25, 0.3) is 0 Å². The Morgan fingerprint density at radius 1 is 1.35 bits per heavy atom. The van der Waals surface area contributed by atoms with E-state index in [1.54, 1.807) is 12.1 Å². The van der Waals surface area contributed by atoms with Crippen molar-refractivity contribution in [1.82, 2.24) is 9.97 Å². The van der Waals surface area contributed by atoms with Crippen molar-refractivity contribution in [2.75, 3.05) is 12.5 Å². The topological polar surface area (TPSA) is 73.1 Å². The first-order valence-electron chi connectivity index (χ1n) is 6.28. The number of nitrogens with one attached hydrogen (secondary N) is 1. The van der Waals surface area contributed by atoms with Gasteiger partial charge in [0.15, 0.2) is 17.4 Å². The molecule has 0 atom stereocenters. The highest BCUT2D eigenvalue weighted by Gasteiger charge is 2.12. The molecule has 1 heterocycles. The molecule has 5 nitrogen and oxygen atoms in total. The van der Waals surface area contributed by atoms with Crippen LogP contribution in [0.2, 0.25) is 0 Å². The second-order valence-corrected chi connectivity index (χ2v) is 4.31. The van der Waals surface area contributed by atoms with Crippen LogP contribution >= 0.6 is 0 Å². The average Bonchev–Trinajstić information content (AvgIpc) is 2.46. The summed E-state index contributed by atoms with van der Waals surface area (Å²) in [6.45, 7) is 3.88. The fraction of sp³-hybridized carbons (Fsp3) is 0.286. The number of nitrogens with two attached hydrogens (primary N) is 1. The number of rotatable bonds is 4. The van der Waals surface area contributed by atoms with Gasteiger partial charge in [0.2, 0.25) is 0 Å². The van der Waals surface area contributed by atoms with Crippen molar-refractivity contribution in [2.24, 2.45) is 5.84 Å². The zero-order valence-electron chi connectivity index (χ0n) is 11.7. The summed E-state index contributed by atoms with van der Waals surface area (Å²) >= 11 is 0. The highest BCUT2D eigenvalue weighted by Crippen LogP contribution is 2.26. The van der Waals surface area contributed by atoms with E-state index in [1.165, 1.54) is 13.2 Å². The van der Waals surface area contributed by atoms with E-state index in [0.717, 1.165) is 17.7 Å². The number of nitrogen functional groups attached to an aromatic ring is 1. The maximum atomic E-state index is 13.7. The minimum Gasteiger partial charge on any atom is -0.494 e. The highest BCUT2D eigenvalue weighted by atomic mass is 19.1. The number of hydrogen-bond donors (Lipinski definition) is 2. The Hall–Kier alpha value is -2.21. The Balaban J connectivity index is 2.53. The summed E-state index contributed by atoms with van der Waals surface area (Å²) in [4.78, 5) is 8.74. The van der Waals surface area contributed by atoms with Crippen LogP contribution in [-0.4, -0.2) is 17.1 Å². The fourth-order valence-electron chi connectivity index (χ4n) is 2.07. The molecule has 2 aromatic rings. The van der Waals surface area contributed by atoms with Gasteiger partial charge >= 0.3 is 0 Å². The Morgan fingerprint density at radius 3 is 2.65 bits per heavy atom. The third-order valence-corrected chi connectivity index (χ3v) is 3.11. The zero-order valence-corrected chi connectivity index (χ0v) is 11.7. The maximum Gasteiger partial charge on any atom is 0.165 e. The first-order valence-corrected chi connectivity index (χ1v) is 6.28. The molecule has 106 valence electrons. The molecule has 0 amide bonds. The van der Waals surface area contributed by atoms with Crippen molar-refractivity contribution in [2.45, 2.75) is 20.3 Å². The maximum absolute atomic E-state index is 13.7. The molecule has 0 aliphatic heterocycles. The van der Waals surface area contributed by atoms with Gasteiger partial charge in [-0.3, -0.25) is 0 Å². The number of hydrogen-bond acceptors (Lipinski definition) is 5. The first-order chi connectivity index (χ1) is 9.60. The van der Waals surface area contributed by atoms with Crippen LogP contribution in [0.4, 0.5) is 10.2 Å². The van der Waals surface area contributed by atoms with E-state index in [4.69, 9.17) is 10.6 Å². The molecule has 0 unspecified atom stereocenters. The van der Waals surface area contributed by atoms with Crippen molar-refractivity contribution in [1.29, 1.82) is 0 Å². The zero-order chi connectivity index (χ0) is 14.7. The minimum atomic E-state index is -0.451. The third kappa shape index (κ3) is 2.55. The highest BCUT2D eigenvalue weighted by molar-refractivity contribution is 5.60. The van der Waals surface area contributed by atoms with Gasteiger partial charge in [-0.1, -0.05) is 6.92 Å². The predicted molar refractivity (Wildman–Crippen MR) is 75.9 cm³/mol. The van der Waals surface area contributed by atoms with Crippen molar-refractivity contribution < 1.29 is 9.13 Å². The van der Waals surface area contributed by atoms with Crippen LogP contribution < -0.4 is 16.0 Å². The standard InChI is InChI=1S/C14H17FN4O/c1-4-10-8(2)17-13(18-14(10)19-16)9-5-6-12(20-3)11(15)7-9/h5-7H,4,16H2,1-3H3,(H,17,18,19). The lowest BCUT2D eigenvalue weighted by Gasteiger charge is -2.11. The van der Waals surface area contributed by atoms with E-state index in [2.05, 4.69) is 15.4 Å². The smallest absolute Gasteiger partial charge is 0.165 e. The average molecular weight is 276 g/mol. The van der Waals surface area contributed by atoms with E-state index in [-0.39, 0.29) is 5.75 Å². The molecular formula is C14H17FN4O. The summed E-state index contributed by atoms with van der Waals surface area (Å²) in [5.41, 5.74) is 4.91. The number of methoxy groups -OCH3 is 1. The first kappa shape index (κ1) is 14.2. The van der Waals surface area contributed by atoms with E-state index in [1.807, 2.05) is 13.8 Å². The molecule has 1 aromatic heterocycles. The molecule has 0 aliphatic carbocycles. The second kappa shape index (κ2) is 5.83. The normalized spacial score (nSPS) is 10.4. The summed E-state index contributed by atoms with van der Waals surface area (Å²) in [5.74, 6) is 6.21. The molecule has 0 bridgehead atoms. The number of nitrogens with zero attached hydrogens (tertiary/aromatic N) is 2. The van der Waals surface area contributed by atoms with Gasteiger partial charge in [-0.25, -0.2) is 20.2 Å². The van der Waals surface area contributed by atoms with Crippen LogP contribution in [0.15, 0.2) is 18.2 Å². The number of halogens is 1. The number of benzene rings is 1. The quantitative estimate of drug-likeness (QED) is 0.663. The molecule has 0 saturated carbocycles. The van der Waals surface area contributed by atoms with Crippen LogP contribution in [0.1, 0.15) is 18.2 Å². The van der Waals surface area contributed by atoms with Crippen LogP contribution in [-0.2, 0) is 6.42 Å². The number of aromatic nitrogens is 2. The molecule has 3 N–H and O–H groups in total. The number of ether oxygens (including phenoxy) is 1. The van der Waals surface area contributed by atoms with Gasteiger partial charge < -0.3 is 10.2 Å². The number of anilines is 1. The van der Waals surface area contributed by atoms with E-state index in [0.29, 0.717) is 17.2 Å². The molecule has 0 saturated heterocycles. The second-order valence-electron chi connectivity index (χ2n) is 4.31. The van der Waals surface area contributed by atoms with Gasteiger partial charge in [0.1, 0.15) is 5.82 Å². The minimum absolute atomic E-state index is 0.188. The monoisotopic (exact) mass is 276 g/mol. The molecule has 0 aliphatic rings. The molecule has 6 heteroatoms. The molecule has 2 rings (SSSR count). The van der Waals surface area contributed by atoms with E-state index < -0.39 is 5.82 Å². The van der Waals surface area contributed by atoms with Gasteiger partial charge in [0.05, 0.1) is 7.11 Å². The molecule has 0 fully saturated rings. The van der Waals surface area contributed by atoms with Crippen molar-refractivity contribution in [3.63, 3.8) is 0 Å². The number of aryl methyl sites for hydroxylation is 1. The van der Waals surface area contributed by atoms with Crippen molar-refractivity contribution >= 4 is 5.82 Å². The van der Waals surface area contributed by atoms with Crippen molar-refractivity contribution in [3.05, 3.63) is 35.3 Å². The largest absolute Gasteiger partial charge is 0.494 e. The summed E-state index contributed by atoms with van der Waals surface area (Å²) in [5, 5.41) is 0. The van der Waals surface area contributed by atoms with E-state index >= 15 is 0 Å². The summed E-state index contributed by atoms with van der Waals surface area (Å²) < 4.78 is 18.6. The predicted octanol–water partition coefficient (Wildman–Crippen LogP) is 2.45. The number of hydrazine groups is 1. The SMILES string of the molecule is CCc1c(C)nc(-c2ccc(OC)c(F)c2)nc1NN. The molecule has 0 radical (unpaired) electrons.